The number of carbonyl (C=O) groups excluding carboxylic acids is 2. The molecule has 7 nitrogen and oxygen atoms in total. The van der Waals surface area contributed by atoms with E-state index in [4.69, 9.17) is 16.6 Å². The fraction of sp³-hybridized carbons (Fsp3) is 0.486. The zero-order chi connectivity index (χ0) is 31.9. The maximum Gasteiger partial charge on any atom is 0.255 e. The number of piperidine rings is 1. The first-order valence-corrected chi connectivity index (χ1v) is 17.0. The number of rotatable bonds is 10. The number of likely N-dealkylation sites (tertiary alicyclic amines) is 1. The van der Waals surface area contributed by atoms with Crippen LogP contribution >= 0.6 is 11.6 Å². The van der Waals surface area contributed by atoms with Gasteiger partial charge in [0.25, 0.3) is 11.8 Å². The summed E-state index contributed by atoms with van der Waals surface area (Å²) in [6.45, 7) is 6.84. The molecule has 3 heterocycles. The van der Waals surface area contributed by atoms with Gasteiger partial charge >= 0.3 is 0 Å². The normalized spacial score (nSPS) is 18.4. The zero-order valence-corrected chi connectivity index (χ0v) is 28.0. The zero-order valence-electron chi connectivity index (χ0n) is 27.2. The summed E-state index contributed by atoms with van der Waals surface area (Å²) in [6.07, 6.45) is 8.46. The van der Waals surface area contributed by atoms with Crippen molar-refractivity contribution in [1.29, 1.82) is 0 Å². The highest BCUT2D eigenvalue weighted by molar-refractivity contribution is 6.31. The second kappa shape index (κ2) is 15.4. The van der Waals surface area contributed by atoms with Gasteiger partial charge in [-0.05, 0) is 106 Å². The number of nitrogens with one attached hydrogen (secondary N) is 2. The molecule has 3 aliphatic rings. The highest BCUT2D eigenvalue weighted by atomic mass is 35.5. The van der Waals surface area contributed by atoms with Gasteiger partial charge in [-0.3, -0.25) is 14.5 Å². The van der Waals surface area contributed by atoms with Crippen LogP contribution in [0.3, 0.4) is 0 Å². The molecule has 1 atom stereocenters. The monoisotopic (exact) mass is 629 g/mol. The predicted octanol–water partition coefficient (Wildman–Crippen LogP) is 7.29. The number of aromatic nitrogens is 1. The molecule has 0 radical (unpaired) electrons. The van der Waals surface area contributed by atoms with Crippen molar-refractivity contribution in [3.63, 3.8) is 0 Å². The van der Waals surface area contributed by atoms with Gasteiger partial charge in [-0.25, -0.2) is 4.98 Å². The Bertz CT molecular complexity index is 1480. The first-order chi connectivity index (χ1) is 21.8. The molecule has 1 aromatic heterocycles. The number of carbonyl (C=O) groups is 2. The lowest BCUT2D eigenvalue weighted by molar-refractivity contribution is -0.121. The van der Waals surface area contributed by atoms with Gasteiger partial charge in [0.05, 0.1) is 0 Å². The number of amides is 2. The van der Waals surface area contributed by atoms with E-state index in [0.717, 1.165) is 80.0 Å². The van der Waals surface area contributed by atoms with Gasteiger partial charge in [-0.15, -0.1) is 0 Å². The Hall–Kier alpha value is -3.26. The molecule has 2 aliphatic heterocycles. The van der Waals surface area contributed by atoms with Gasteiger partial charge in [0, 0.05) is 47.9 Å². The molecule has 2 N–H and O–H groups in total. The van der Waals surface area contributed by atoms with Crippen molar-refractivity contribution >= 4 is 29.2 Å². The van der Waals surface area contributed by atoms with Crippen molar-refractivity contribution in [2.75, 3.05) is 32.5 Å². The number of benzene rings is 2. The van der Waals surface area contributed by atoms with Crippen molar-refractivity contribution in [2.45, 2.75) is 89.8 Å². The van der Waals surface area contributed by atoms with Crippen LogP contribution in [-0.2, 0) is 17.8 Å². The van der Waals surface area contributed by atoms with Crippen LogP contribution in [0.25, 0.3) is 0 Å². The van der Waals surface area contributed by atoms with Gasteiger partial charge in [-0.2, -0.15) is 0 Å². The van der Waals surface area contributed by atoms with E-state index < -0.39 is 6.04 Å². The molecular formula is C37H48ClN5O2. The molecule has 0 spiro atoms. The van der Waals surface area contributed by atoms with Crippen LogP contribution in [0.1, 0.15) is 102 Å². The third-order valence-electron chi connectivity index (χ3n) is 9.05. The van der Waals surface area contributed by atoms with E-state index in [1.807, 2.05) is 62.3 Å². The van der Waals surface area contributed by atoms with E-state index in [1.165, 1.54) is 24.0 Å². The van der Waals surface area contributed by atoms with Gasteiger partial charge in [0.2, 0.25) is 0 Å². The quantitative estimate of drug-likeness (QED) is 0.230. The molecule has 45 heavy (non-hydrogen) atoms. The molecule has 0 unspecified atom stereocenters. The Kier molecular flexibility index (Phi) is 11.3. The molecular weight excluding hydrogens is 582 g/mol. The summed E-state index contributed by atoms with van der Waals surface area (Å²) >= 11 is 6.23. The topological polar surface area (TPSA) is 77.6 Å². The molecule has 240 valence electrons. The lowest BCUT2D eigenvalue weighted by Crippen LogP contribution is -2.48. The first kappa shape index (κ1) is 33.1. The maximum absolute atomic E-state index is 14.0. The number of fused-ring (bicyclic) bond motifs is 1. The molecule has 1 aliphatic carbocycles. The van der Waals surface area contributed by atoms with Crippen molar-refractivity contribution in [3.05, 3.63) is 93.1 Å². The molecule has 6 rings (SSSR count). The molecule has 1 saturated heterocycles. The summed E-state index contributed by atoms with van der Waals surface area (Å²) in [4.78, 5) is 36.9. The number of aryl methyl sites for hydroxylation is 2. The Labute approximate surface area is 273 Å². The van der Waals surface area contributed by atoms with Gasteiger partial charge in [0.15, 0.2) is 0 Å². The van der Waals surface area contributed by atoms with Crippen molar-refractivity contribution in [2.24, 2.45) is 0 Å². The summed E-state index contributed by atoms with van der Waals surface area (Å²) in [6, 6.07) is 17.4. The van der Waals surface area contributed by atoms with Crippen molar-refractivity contribution in [3.8, 4) is 0 Å². The summed E-state index contributed by atoms with van der Waals surface area (Å²) in [5.74, 6) is 0.893. The van der Waals surface area contributed by atoms with E-state index in [-0.39, 0.29) is 17.9 Å². The number of halogens is 1. The Morgan fingerprint density at radius 3 is 2.40 bits per heavy atom. The molecule has 3 aromatic rings. The highest BCUT2D eigenvalue weighted by Gasteiger charge is 2.45. The summed E-state index contributed by atoms with van der Waals surface area (Å²) in [7, 11) is 3.75. The maximum atomic E-state index is 14.0. The average molecular weight is 630 g/mol. The van der Waals surface area contributed by atoms with Crippen molar-refractivity contribution in [1.82, 2.24) is 20.1 Å². The van der Waals surface area contributed by atoms with Gasteiger partial charge in [-0.1, -0.05) is 61.7 Å². The fourth-order valence-electron chi connectivity index (χ4n) is 6.58. The number of hydrogen-bond donors (Lipinski definition) is 2. The second-order valence-corrected chi connectivity index (χ2v) is 13.2. The Balaban J connectivity index is 0.00000128. The lowest BCUT2D eigenvalue weighted by atomic mass is 9.99. The van der Waals surface area contributed by atoms with Crippen LogP contribution < -0.4 is 10.6 Å². The van der Waals surface area contributed by atoms with E-state index >= 15 is 0 Å². The predicted molar refractivity (Wildman–Crippen MR) is 183 cm³/mol. The Morgan fingerprint density at radius 2 is 1.71 bits per heavy atom. The fourth-order valence-corrected chi connectivity index (χ4v) is 6.70. The second-order valence-electron chi connectivity index (χ2n) is 12.8. The van der Waals surface area contributed by atoms with E-state index in [2.05, 4.69) is 40.7 Å². The van der Waals surface area contributed by atoms with Crippen LogP contribution in [0.5, 0.6) is 0 Å². The molecule has 2 amide bonds. The van der Waals surface area contributed by atoms with E-state index in [1.54, 1.807) is 0 Å². The van der Waals surface area contributed by atoms with Crippen LogP contribution in [0.2, 0.25) is 5.02 Å². The third-order valence-corrected chi connectivity index (χ3v) is 9.47. The minimum absolute atomic E-state index is 0.000726. The molecule has 1 saturated carbocycles. The molecule has 2 aromatic carbocycles. The smallest absolute Gasteiger partial charge is 0.255 e. The number of anilines is 1. The summed E-state index contributed by atoms with van der Waals surface area (Å²) in [5.41, 5.74) is 6.08. The first-order valence-electron chi connectivity index (χ1n) is 16.6. The van der Waals surface area contributed by atoms with E-state index in [0.29, 0.717) is 17.3 Å². The third kappa shape index (κ3) is 8.13. The van der Waals surface area contributed by atoms with Crippen LogP contribution in [0, 0.1) is 6.92 Å². The molecule has 2 fully saturated rings. The lowest BCUT2D eigenvalue weighted by Gasteiger charge is -2.39. The minimum atomic E-state index is -0.654. The van der Waals surface area contributed by atoms with Crippen LogP contribution in [0.4, 0.5) is 5.82 Å². The largest absolute Gasteiger partial charge is 0.323 e. The minimum Gasteiger partial charge on any atom is -0.323 e. The molecule has 0 bridgehead atoms. The summed E-state index contributed by atoms with van der Waals surface area (Å²) < 4.78 is 0. The van der Waals surface area contributed by atoms with Crippen LogP contribution in [-0.4, -0.2) is 59.8 Å². The average Bonchev–Trinajstić information content (AvgIpc) is 3.84. The SMILES string of the molecule is CCCCCc1cc(NC(=O)[C@H]2c3ccccc3C(=O)N2C2CCN(Cc3ccc(Cl)c(C)c3)CC2)nc(C2CC2)c1.CNC. The van der Waals surface area contributed by atoms with Gasteiger partial charge in [0.1, 0.15) is 11.9 Å². The number of pyridine rings is 1. The number of hydrogen-bond acceptors (Lipinski definition) is 5. The number of nitrogens with zero attached hydrogens (tertiary/aromatic N) is 3. The van der Waals surface area contributed by atoms with E-state index in [9.17, 15) is 9.59 Å². The van der Waals surface area contributed by atoms with Crippen molar-refractivity contribution < 1.29 is 9.59 Å². The van der Waals surface area contributed by atoms with Gasteiger partial charge < -0.3 is 15.5 Å². The standard InChI is InChI=1S/C35H41ClN4O2.C2H7N/c1-3-4-5-8-24-20-31(26-12-13-26)37-32(21-24)38-34(41)33-28-9-6-7-10-29(28)35(42)40(33)27-15-17-39(18-16-27)22-25-11-14-30(36)23(2)19-25;1-3-2/h6-7,9-11,14,19-21,26-27,33H,3-5,8,12-13,15-18,22H2,1-2H3,(H,37,38,41);3H,1-2H3/t33-;/m1./s1. The summed E-state index contributed by atoms with van der Waals surface area (Å²) in [5, 5.41) is 6.69. The number of unbranched alkanes of at least 4 members (excludes halogenated alkanes) is 2. The molecule has 8 heteroatoms. The van der Waals surface area contributed by atoms with Crippen LogP contribution in [0.15, 0.2) is 54.6 Å². The Morgan fingerprint density at radius 1 is 0.978 bits per heavy atom. The highest BCUT2D eigenvalue weighted by Crippen LogP contribution is 2.41.